The van der Waals surface area contributed by atoms with Crippen molar-refractivity contribution in [1.82, 2.24) is 29.3 Å². The van der Waals surface area contributed by atoms with Crippen molar-refractivity contribution in [3.05, 3.63) is 39.5 Å². The van der Waals surface area contributed by atoms with E-state index in [0.29, 0.717) is 10.9 Å². The van der Waals surface area contributed by atoms with Gasteiger partial charge in [0.1, 0.15) is 6.61 Å². The molecule has 3 heterocycles. The number of tetrazole rings is 1. The van der Waals surface area contributed by atoms with Crippen LogP contribution in [0.5, 0.6) is 5.19 Å². The largest absolute Gasteiger partial charge is 0.465 e. The summed E-state index contributed by atoms with van der Waals surface area (Å²) in [5.41, 5.74) is 2.08. The van der Waals surface area contributed by atoms with E-state index in [1.54, 1.807) is 12.4 Å². The number of aryl methyl sites for hydroxylation is 2. The highest BCUT2D eigenvalue weighted by Gasteiger charge is 2.17. The molecule has 3 aromatic rings. The molecule has 0 aliphatic carbocycles. The van der Waals surface area contributed by atoms with E-state index in [-0.39, 0.29) is 18.5 Å². The zero-order valence-electron chi connectivity index (χ0n) is 12.8. The Hall–Kier alpha value is -2.42. The van der Waals surface area contributed by atoms with Crippen molar-refractivity contribution in [2.45, 2.75) is 13.5 Å². The molecule has 0 aliphatic heterocycles. The van der Waals surface area contributed by atoms with Gasteiger partial charge >= 0.3 is 5.69 Å². The molecule has 0 fully saturated rings. The Morgan fingerprint density at radius 2 is 2.24 bits per heavy atom. The molecule has 9 heteroatoms. The summed E-state index contributed by atoms with van der Waals surface area (Å²) < 4.78 is 17.3. The van der Waals surface area contributed by atoms with Crippen LogP contribution in [0.4, 0.5) is 0 Å². The van der Waals surface area contributed by atoms with E-state index < -0.39 is 0 Å². The predicted octanol–water partition coefficient (Wildman–Crippen LogP) is 0.648. The van der Waals surface area contributed by atoms with Crippen LogP contribution < -0.4 is 10.4 Å². The van der Waals surface area contributed by atoms with Crippen LogP contribution in [0.3, 0.4) is 0 Å². The maximum atomic E-state index is 12.0. The van der Waals surface area contributed by atoms with Crippen LogP contribution in [0, 0.1) is 6.92 Å². The number of ether oxygens (including phenoxy) is 1. The van der Waals surface area contributed by atoms with Crippen molar-refractivity contribution in [1.29, 1.82) is 0 Å². The van der Waals surface area contributed by atoms with Crippen LogP contribution in [0.15, 0.2) is 22.5 Å². The van der Waals surface area contributed by atoms with Gasteiger partial charge in [-0.25, -0.2) is 9.78 Å². The van der Waals surface area contributed by atoms with Gasteiger partial charge in [0.15, 0.2) is 0 Å². The van der Waals surface area contributed by atoms with E-state index in [0.717, 1.165) is 11.3 Å². The van der Waals surface area contributed by atoms with Crippen molar-refractivity contribution in [2.75, 3.05) is 0 Å². The Bertz CT molecular complexity index is 877. The van der Waals surface area contributed by atoms with Crippen LogP contribution in [0.2, 0.25) is 0 Å². The van der Waals surface area contributed by atoms with E-state index in [4.69, 9.17) is 6.11 Å². The standard InChI is InChI=1S/C12H14N6O2S/c1-8-9(7-20-11-13-4-5-21-11)10(6-16(8)2)18-12(19)17(3)14-15-18/h4-6H,7H2,1-3H3/i4T. The fourth-order valence-electron chi connectivity index (χ4n) is 1.96. The van der Waals surface area contributed by atoms with E-state index in [1.165, 1.54) is 20.7 Å². The van der Waals surface area contributed by atoms with Gasteiger partial charge in [-0.2, -0.15) is 9.36 Å². The smallest absolute Gasteiger partial charge is 0.368 e. The topological polar surface area (TPSA) is 79.8 Å². The van der Waals surface area contributed by atoms with Gasteiger partial charge in [-0.3, -0.25) is 0 Å². The number of hydrogen-bond acceptors (Lipinski definition) is 6. The number of rotatable bonds is 4. The summed E-state index contributed by atoms with van der Waals surface area (Å²) in [5.74, 6) is 0. The van der Waals surface area contributed by atoms with Gasteiger partial charge in [0, 0.05) is 43.1 Å². The highest BCUT2D eigenvalue weighted by atomic mass is 32.1. The number of nitrogens with zero attached hydrogens (tertiary/aromatic N) is 6. The minimum absolute atomic E-state index is 0.176. The molecule has 0 amide bonds. The zero-order chi connectivity index (χ0) is 15.9. The Morgan fingerprint density at radius 3 is 2.86 bits per heavy atom. The lowest BCUT2D eigenvalue weighted by Gasteiger charge is -2.05. The Kier molecular flexibility index (Phi) is 3.03. The predicted molar refractivity (Wildman–Crippen MR) is 76.8 cm³/mol. The minimum atomic E-state index is -0.324. The van der Waals surface area contributed by atoms with Gasteiger partial charge in [0.2, 0.25) is 0 Å². The normalized spacial score (nSPS) is 11.7. The summed E-state index contributed by atoms with van der Waals surface area (Å²) in [5, 5.41) is 9.61. The average molecular weight is 308 g/mol. The van der Waals surface area contributed by atoms with Crippen molar-refractivity contribution in [3.63, 3.8) is 0 Å². The lowest BCUT2D eigenvalue weighted by atomic mass is 10.2. The lowest BCUT2D eigenvalue weighted by Crippen LogP contribution is -2.22. The second kappa shape index (κ2) is 5.17. The molecular weight excluding hydrogens is 292 g/mol. The fraction of sp³-hybridized carbons (Fsp3) is 0.333. The molecular formula is C12H14N6O2S. The number of aromatic nitrogens is 6. The maximum absolute atomic E-state index is 12.0. The molecule has 0 radical (unpaired) electrons. The Balaban J connectivity index is 1.96. The van der Waals surface area contributed by atoms with Gasteiger partial charge in [-0.15, -0.1) is 0 Å². The van der Waals surface area contributed by atoms with Crippen LogP contribution in [-0.4, -0.2) is 29.3 Å². The highest BCUT2D eigenvalue weighted by Crippen LogP contribution is 2.22. The molecule has 0 aliphatic rings. The molecule has 3 aromatic heterocycles. The molecule has 110 valence electrons. The van der Waals surface area contributed by atoms with Gasteiger partial charge in [-0.05, 0) is 17.4 Å². The summed E-state index contributed by atoms with van der Waals surface area (Å²) in [6.45, 7) is 2.17. The monoisotopic (exact) mass is 308 g/mol. The fourth-order valence-corrected chi connectivity index (χ4v) is 2.40. The van der Waals surface area contributed by atoms with Crippen LogP contribution in [-0.2, 0) is 20.7 Å². The third-order valence-electron chi connectivity index (χ3n) is 3.25. The van der Waals surface area contributed by atoms with Crippen molar-refractivity contribution in [3.8, 4) is 10.9 Å². The second-order valence-corrected chi connectivity index (χ2v) is 5.34. The SMILES string of the molecule is [3H]c1csc(OCc2c(-n3nnn(C)c3=O)cn(C)c2C)n1. The molecule has 0 N–H and O–H groups in total. The molecule has 0 aromatic carbocycles. The summed E-state index contributed by atoms with van der Waals surface area (Å²) in [6, 6.07) is 0. The molecule has 0 spiro atoms. The lowest BCUT2D eigenvalue weighted by molar-refractivity contribution is 0.303. The number of hydrogen-bond donors (Lipinski definition) is 0. The zero-order valence-corrected chi connectivity index (χ0v) is 12.6. The van der Waals surface area contributed by atoms with Crippen molar-refractivity contribution >= 4 is 11.3 Å². The summed E-state index contributed by atoms with van der Waals surface area (Å²) in [6.07, 6.45) is 1.98. The third-order valence-corrected chi connectivity index (χ3v) is 3.88. The second-order valence-electron chi connectivity index (χ2n) is 4.52. The van der Waals surface area contributed by atoms with Crippen LogP contribution in [0.25, 0.3) is 5.69 Å². The summed E-state index contributed by atoms with van der Waals surface area (Å²) >= 11 is 1.26. The molecule has 0 bridgehead atoms. The quantitative estimate of drug-likeness (QED) is 0.707. The van der Waals surface area contributed by atoms with Crippen molar-refractivity contribution in [2.24, 2.45) is 14.1 Å². The minimum Gasteiger partial charge on any atom is -0.465 e. The molecule has 0 saturated heterocycles. The molecule has 21 heavy (non-hydrogen) atoms. The van der Waals surface area contributed by atoms with E-state index in [9.17, 15) is 4.79 Å². The molecule has 0 atom stereocenters. The summed E-state index contributed by atoms with van der Waals surface area (Å²) in [7, 11) is 3.43. The van der Waals surface area contributed by atoms with Gasteiger partial charge < -0.3 is 9.30 Å². The van der Waals surface area contributed by atoms with E-state index in [1.807, 2.05) is 24.7 Å². The Morgan fingerprint density at radius 1 is 1.43 bits per heavy atom. The molecule has 0 unspecified atom stereocenters. The maximum Gasteiger partial charge on any atom is 0.368 e. The van der Waals surface area contributed by atoms with E-state index in [2.05, 4.69) is 15.4 Å². The van der Waals surface area contributed by atoms with Crippen LogP contribution >= 0.6 is 11.3 Å². The Labute approximate surface area is 125 Å². The van der Waals surface area contributed by atoms with Crippen molar-refractivity contribution < 1.29 is 6.11 Å². The summed E-state index contributed by atoms with van der Waals surface area (Å²) in [4.78, 5) is 16.0. The number of thiazole rings is 1. The van der Waals surface area contributed by atoms with Crippen LogP contribution in [0.1, 0.15) is 12.6 Å². The molecule has 0 saturated carbocycles. The first-order valence-corrected chi connectivity index (χ1v) is 7.04. The average Bonchev–Trinajstić information content (AvgIpc) is 3.11. The van der Waals surface area contributed by atoms with Gasteiger partial charge in [0.25, 0.3) is 5.19 Å². The third kappa shape index (κ3) is 2.35. The first-order valence-electron chi connectivity index (χ1n) is 6.66. The first-order chi connectivity index (χ1) is 10.5. The van der Waals surface area contributed by atoms with Gasteiger partial charge in [-0.1, -0.05) is 11.3 Å². The highest BCUT2D eigenvalue weighted by molar-refractivity contribution is 7.11. The first kappa shape index (κ1) is 12.3. The van der Waals surface area contributed by atoms with Gasteiger partial charge in [0.05, 0.1) is 7.06 Å². The van der Waals surface area contributed by atoms with E-state index >= 15 is 0 Å². The molecule has 3 rings (SSSR count). The molecule has 8 nitrogen and oxygen atoms in total.